The summed E-state index contributed by atoms with van der Waals surface area (Å²) in [6, 6.07) is 9.45. The minimum Gasteiger partial charge on any atom is -0.435 e. The monoisotopic (exact) mass is 407 g/mol. The summed E-state index contributed by atoms with van der Waals surface area (Å²) in [5, 5.41) is 4.97. The third kappa shape index (κ3) is 4.31. The number of nitrogens with zero attached hydrogens (tertiary/aromatic N) is 1. The van der Waals surface area contributed by atoms with Gasteiger partial charge in [0.25, 0.3) is 5.91 Å². The second kappa shape index (κ2) is 7.82. The number of anilines is 1. The Morgan fingerprint density at radius 1 is 1.14 bits per heavy atom. The summed E-state index contributed by atoms with van der Waals surface area (Å²) in [6.07, 6.45) is 0. The van der Waals surface area contributed by atoms with Crippen molar-refractivity contribution in [1.82, 2.24) is 10.2 Å². The number of rotatable bonds is 6. The van der Waals surface area contributed by atoms with Gasteiger partial charge in [-0.15, -0.1) is 0 Å². The summed E-state index contributed by atoms with van der Waals surface area (Å²) in [7, 11) is 0. The molecule has 1 aliphatic rings. The largest absolute Gasteiger partial charge is 0.435 e. The van der Waals surface area contributed by atoms with Crippen LogP contribution in [0.1, 0.15) is 12.5 Å². The lowest BCUT2D eigenvalue weighted by Crippen LogP contribution is -2.42. The van der Waals surface area contributed by atoms with Crippen LogP contribution in [0.2, 0.25) is 0 Å². The molecule has 152 valence electrons. The molecule has 29 heavy (non-hydrogen) atoms. The quantitative estimate of drug-likeness (QED) is 0.721. The van der Waals surface area contributed by atoms with Crippen LogP contribution >= 0.6 is 0 Å². The summed E-state index contributed by atoms with van der Waals surface area (Å²) in [6.45, 7) is -2.10. The Labute approximate surface area is 163 Å². The van der Waals surface area contributed by atoms with E-state index in [-0.39, 0.29) is 5.75 Å². The van der Waals surface area contributed by atoms with E-state index in [1.165, 1.54) is 43.3 Å². The molecule has 2 aromatic rings. The zero-order valence-electron chi connectivity index (χ0n) is 15.1. The first kappa shape index (κ1) is 20.2. The van der Waals surface area contributed by atoms with Gasteiger partial charge in [0.15, 0.2) is 0 Å². The lowest BCUT2D eigenvalue weighted by atomic mass is 9.92. The van der Waals surface area contributed by atoms with Crippen molar-refractivity contribution >= 4 is 23.5 Å². The van der Waals surface area contributed by atoms with E-state index in [0.717, 1.165) is 17.0 Å². The minimum absolute atomic E-state index is 0.0975. The van der Waals surface area contributed by atoms with Gasteiger partial charge in [-0.2, -0.15) is 8.78 Å². The van der Waals surface area contributed by atoms with Crippen LogP contribution in [0.15, 0.2) is 48.5 Å². The van der Waals surface area contributed by atoms with Crippen molar-refractivity contribution in [2.24, 2.45) is 0 Å². The number of carbonyl (C=O) groups excluding carboxylic acids is 3. The molecule has 0 unspecified atom stereocenters. The van der Waals surface area contributed by atoms with E-state index in [1.54, 1.807) is 0 Å². The van der Waals surface area contributed by atoms with Crippen LogP contribution in [0.3, 0.4) is 0 Å². The fourth-order valence-corrected chi connectivity index (χ4v) is 2.88. The predicted octanol–water partition coefficient (Wildman–Crippen LogP) is 2.83. The zero-order chi connectivity index (χ0) is 21.2. The average Bonchev–Trinajstić information content (AvgIpc) is 2.88. The number of carbonyl (C=O) groups is 3. The predicted molar refractivity (Wildman–Crippen MR) is 95.7 cm³/mol. The van der Waals surface area contributed by atoms with Gasteiger partial charge in [-0.1, -0.05) is 12.1 Å². The molecule has 1 saturated heterocycles. The molecule has 7 nitrogen and oxygen atoms in total. The maximum Gasteiger partial charge on any atom is 0.387 e. The van der Waals surface area contributed by atoms with Crippen LogP contribution in [0.4, 0.5) is 23.7 Å². The van der Waals surface area contributed by atoms with Gasteiger partial charge in [-0.3, -0.25) is 14.5 Å². The van der Waals surface area contributed by atoms with E-state index < -0.39 is 42.4 Å². The lowest BCUT2D eigenvalue weighted by molar-refractivity contribution is -0.133. The molecule has 10 heteroatoms. The van der Waals surface area contributed by atoms with E-state index in [1.807, 2.05) is 0 Å². The van der Waals surface area contributed by atoms with E-state index in [0.29, 0.717) is 11.3 Å². The molecule has 2 N–H and O–H groups in total. The molecule has 3 rings (SSSR count). The number of nitrogens with one attached hydrogen (secondary N) is 2. The van der Waals surface area contributed by atoms with Gasteiger partial charge in [-0.05, 0) is 48.9 Å². The first-order chi connectivity index (χ1) is 13.7. The molecule has 2 aromatic carbocycles. The Kier molecular flexibility index (Phi) is 5.44. The first-order valence-corrected chi connectivity index (χ1v) is 8.44. The molecule has 1 atom stereocenters. The topological polar surface area (TPSA) is 87.7 Å². The van der Waals surface area contributed by atoms with Gasteiger partial charge in [0.2, 0.25) is 5.91 Å². The third-order valence-electron chi connectivity index (χ3n) is 4.36. The Morgan fingerprint density at radius 3 is 2.34 bits per heavy atom. The fourth-order valence-electron chi connectivity index (χ4n) is 2.88. The average molecular weight is 407 g/mol. The Balaban J connectivity index is 1.71. The SMILES string of the molecule is C[C@@]1(c2ccc(OC(F)F)cc2)NC(=O)N(CC(=O)Nc2ccc(F)cc2)C1=O. The third-order valence-corrected chi connectivity index (χ3v) is 4.36. The molecule has 0 spiro atoms. The highest BCUT2D eigenvalue weighted by molar-refractivity contribution is 6.10. The summed E-state index contributed by atoms with van der Waals surface area (Å²) >= 11 is 0. The van der Waals surface area contributed by atoms with Crippen LogP contribution in [-0.4, -0.2) is 35.9 Å². The standard InChI is InChI=1S/C19H16F3N3O4/c1-19(11-2-8-14(9-3-11)29-17(21)22)16(27)25(18(28)24-19)10-15(26)23-13-6-4-12(20)5-7-13/h2-9,17H,10H2,1H3,(H,23,26)(H,24,28)/t19-/m0/s1. The maximum absolute atomic E-state index is 12.9. The lowest BCUT2D eigenvalue weighted by Gasteiger charge is -2.22. The molecule has 4 amide bonds. The van der Waals surface area contributed by atoms with Crippen molar-refractivity contribution in [3.05, 3.63) is 59.9 Å². The highest BCUT2D eigenvalue weighted by atomic mass is 19.3. The van der Waals surface area contributed by atoms with Gasteiger partial charge < -0.3 is 15.4 Å². The number of benzene rings is 2. The summed E-state index contributed by atoms with van der Waals surface area (Å²) in [5.74, 6) is -1.90. The number of amides is 4. The molecule has 0 bridgehead atoms. The summed E-state index contributed by atoms with van der Waals surface area (Å²) in [5.41, 5.74) is -0.837. The zero-order valence-corrected chi connectivity index (χ0v) is 15.1. The molecule has 1 heterocycles. The summed E-state index contributed by atoms with van der Waals surface area (Å²) < 4.78 is 41.7. The van der Waals surface area contributed by atoms with Crippen LogP contribution in [0, 0.1) is 5.82 Å². The number of alkyl halides is 2. The van der Waals surface area contributed by atoms with E-state index in [2.05, 4.69) is 15.4 Å². The van der Waals surface area contributed by atoms with Gasteiger partial charge >= 0.3 is 12.6 Å². The molecule has 0 aliphatic carbocycles. The molecular formula is C19H16F3N3O4. The smallest absolute Gasteiger partial charge is 0.387 e. The molecule has 1 fully saturated rings. The molecule has 0 saturated carbocycles. The fraction of sp³-hybridized carbons (Fsp3) is 0.211. The number of imide groups is 1. The number of halogens is 3. The van der Waals surface area contributed by atoms with Gasteiger partial charge in [-0.25, -0.2) is 9.18 Å². The second-order valence-electron chi connectivity index (χ2n) is 6.40. The number of hydrogen-bond acceptors (Lipinski definition) is 4. The highest BCUT2D eigenvalue weighted by Gasteiger charge is 2.49. The Bertz CT molecular complexity index is 935. The molecule has 0 radical (unpaired) electrons. The van der Waals surface area contributed by atoms with Crippen LogP contribution < -0.4 is 15.4 Å². The van der Waals surface area contributed by atoms with Crippen LogP contribution in [-0.2, 0) is 15.1 Å². The van der Waals surface area contributed by atoms with Gasteiger partial charge in [0, 0.05) is 5.69 Å². The molecule has 1 aliphatic heterocycles. The van der Waals surface area contributed by atoms with Crippen LogP contribution in [0.5, 0.6) is 5.75 Å². The Hall–Kier alpha value is -3.56. The number of urea groups is 1. The number of ether oxygens (including phenoxy) is 1. The number of hydrogen-bond donors (Lipinski definition) is 2. The van der Waals surface area contributed by atoms with Crippen molar-refractivity contribution in [3.8, 4) is 5.75 Å². The van der Waals surface area contributed by atoms with Crippen molar-refractivity contribution in [2.75, 3.05) is 11.9 Å². The first-order valence-electron chi connectivity index (χ1n) is 8.44. The van der Waals surface area contributed by atoms with Crippen LogP contribution in [0.25, 0.3) is 0 Å². The van der Waals surface area contributed by atoms with Gasteiger partial charge in [0.1, 0.15) is 23.7 Å². The maximum atomic E-state index is 12.9. The van der Waals surface area contributed by atoms with E-state index in [9.17, 15) is 27.6 Å². The van der Waals surface area contributed by atoms with Crippen molar-refractivity contribution in [3.63, 3.8) is 0 Å². The summed E-state index contributed by atoms with van der Waals surface area (Å²) in [4.78, 5) is 38.0. The highest BCUT2D eigenvalue weighted by Crippen LogP contribution is 2.30. The van der Waals surface area contributed by atoms with Crippen molar-refractivity contribution < 1.29 is 32.3 Å². The van der Waals surface area contributed by atoms with Crippen molar-refractivity contribution in [1.29, 1.82) is 0 Å². The van der Waals surface area contributed by atoms with Crippen molar-refractivity contribution in [2.45, 2.75) is 19.1 Å². The van der Waals surface area contributed by atoms with E-state index in [4.69, 9.17) is 0 Å². The normalized spacial score (nSPS) is 18.7. The molecular weight excluding hydrogens is 391 g/mol. The Morgan fingerprint density at radius 2 is 1.76 bits per heavy atom. The van der Waals surface area contributed by atoms with Gasteiger partial charge in [0.05, 0.1) is 0 Å². The molecule has 0 aromatic heterocycles. The second-order valence-corrected chi connectivity index (χ2v) is 6.40. The minimum atomic E-state index is -2.99. The van der Waals surface area contributed by atoms with E-state index >= 15 is 0 Å².